The van der Waals surface area contributed by atoms with Crippen LogP contribution in [0.3, 0.4) is 0 Å². The summed E-state index contributed by atoms with van der Waals surface area (Å²) in [4.78, 5) is 0. The van der Waals surface area contributed by atoms with Crippen molar-refractivity contribution in [2.45, 2.75) is 19.4 Å². The summed E-state index contributed by atoms with van der Waals surface area (Å²) in [6.07, 6.45) is 0.273. The molecular weight excluding hydrogens is 306 g/mol. The van der Waals surface area contributed by atoms with Gasteiger partial charge in [-0.2, -0.15) is 0 Å². The van der Waals surface area contributed by atoms with E-state index in [1.807, 2.05) is 31.2 Å². The summed E-state index contributed by atoms with van der Waals surface area (Å²) in [5, 5.41) is 22.3. The van der Waals surface area contributed by atoms with Crippen molar-refractivity contribution in [3.05, 3.63) is 54.1 Å². The second-order valence-corrected chi connectivity index (χ2v) is 5.63. The molecule has 24 heavy (non-hydrogen) atoms. The number of nitrogens with one attached hydrogen (secondary N) is 1. The number of phenols is 1. The van der Waals surface area contributed by atoms with E-state index >= 15 is 0 Å². The van der Waals surface area contributed by atoms with Crippen molar-refractivity contribution in [1.29, 1.82) is 0 Å². The van der Waals surface area contributed by atoms with Gasteiger partial charge in [0, 0.05) is 6.54 Å². The minimum Gasteiger partial charge on any atom is -0.508 e. The molecule has 2 aromatic rings. The highest BCUT2D eigenvalue weighted by atomic mass is 16.5. The summed E-state index contributed by atoms with van der Waals surface area (Å²) >= 11 is 0. The standard InChI is InChI=1S/C19H25NO4/c1-15-5-2-3-6-19(15)24-14-17(22)13-20-11-4-12-23-18-9-7-16(21)8-10-18/h2-3,5-10,17,20-22H,4,11-14H2,1H3. The monoisotopic (exact) mass is 331 g/mol. The van der Waals surface area contributed by atoms with Crippen molar-refractivity contribution in [3.63, 3.8) is 0 Å². The molecule has 0 aliphatic carbocycles. The summed E-state index contributed by atoms with van der Waals surface area (Å²) in [7, 11) is 0. The Kier molecular flexibility index (Phi) is 7.39. The quantitative estimate of drug-likeness (QED) is 0.584. The molecule has 0 saturated carbocycles. The van der Waals surface area contributed by atoms with E-state index in [1.165, 1.54) is 0 Å². The Balaban J connectivity index is 1.52. The van der Waals surface area contributed by atoms with E-state index in [0.717, 1.165) is 30.0 Å². The van der Waals surface area contributed by atoms with Crippen LogP contribution >= 0.6 is 0 Å². The maximum Gasteiger partial charge on any atom is 0.122 e. The maximum absolute atomic E-state index is 9.92. The fraction of sp³-hybridized carbons (Fsp3) is 0.368. The molecule has 5 nitrogen and oxygen atoms in total. The number of benzene rings is 2. The Bertz CT molecular complexity index is 601. The number of ether oxygens (including phenoxy) is 2. The van der Waals surface area contributed by atoms with Crippen molar-refractivity contribution >= 4 is 0 Å². The average molecular weight is 331 g/mol. The third kappa shape index (κ3) is 6.48. The zero-order valence-corrected chi connectivity index (χ0v) is 13.9. The smallest absolute Gasteiger partial charge is 0.122 e. The number of aliphatic hydroxyl groups excluding tert-OH is 1. The number of phenolic OH excluding ortho intramolecular Hbond substituents is 1. The van der Waals surface area contributed by atoms with Crippen LogP contribution in [0, 0.1) is 6.92 Å². The second-order valence-electron chi connectivity index (χ2n) is 5.63. The van der Waals surface area contributed by atoms with Gasteiger partial charge in [0.15, 0.2) is 0 Å². The average Bonchev–Trinajstić information content (AvgIpc) is 2.59. The van der Waals surface area contributed by atoms with E-state index in [-0.39, 0.29) is 12.4 Å². The molecule has 0 amide bonds. The number of hydrogen-bond acceptors (Lipinski definition) is 5. The van der Waals surface area contributed by atoms with Crippen LogP contribution in [0.5, 0.6) is 17.2 Å². The van der Waals surface area contributed by atoms with Crippen LogP contribution in [0.4, 0.5) is 0 Å². The van der Waals surface area contributed by atoms with Gasteiger partial charge < -0.3 is 25.0 Å². The Labute approximate surface area is 142 Å². The molecule has 2 aromatic carbocycles. The molecule has 0 heterocycles. The zero-order valence-electron chi connectivity index (χ0n) is 13.9. The molecule has 0 aliphatic heterocycles. The van der Waals surface area contributed by atoms with E-state index in [0.29, 0.717) is 13.2 Å². The minimum absolute atomic E-state index is 0.228. The van der Waals surface area contributed by atoms with Crippen molar-refractivity contribution < 1.29 is 19.7 Å². The van der Waals surface area contributed by atoms with Crippen molar-refractivity contribution in [2.24, 2.45) is 0 Å². The maximum atomic E-state index is 9.92. The largest absolute Gasteiger partial charge is 0.508 e. The first-order chi connectivity index (χ1) is 11.6. The molecule has 1 unspecified atom stereocenters. The van der Waals surface area contributed by atoms with Gasteiger partial charge in [-0.25, -0.2) is 0 Å². The van der Waals surface area contributed by atoms with E-state index in [9.17, 15) is 10.2 Å². The molecule has 5 heteroatoms. The van der Waals surface area contributed by atoms with Crippen LogP contribution in [0.1, 0.15) is 12.0 Å². The molecule has 2 rings (SSSR count). The van der Waals surface area contributed by atoms with Gasteiger partial charge in [-0.05, 0) is 55.8 Å². The summed E-state index contributed by atoms with van der Waals surface area (Å²) < 4.78 is 11.2. The van der Waals surface area contributed by atoms with Gasteiger partial charge in [0.2, 0.25) is 0 Å². The van der Waals surface area contributed by atoms with Gasteiger partial charge >= 0.3 is 0 Å². The van der Waals surface area contributed by atoms with Gasteiger partial charge in [0.05, 0.1) is 6.61 Å². The van der Waals surface area contributed by atoms with Crippen molar-refractivity contribution in [1.82, 2.24) is 5.32 Å². The van der Waals surface area contributed by atoms with E-state index < -0.39 is 6.10 Å². The number of aryl methyl sites for hydroxylation is 1. The lowest BCUT2D eigenvalue weighted by Crippen LogP contribution is -2.32. The van der Waals surface area contributed by atoms with Gasteiger partial charge in [0.25, 0.3) is 0 Å². The highest BCUT2D eigenvalue weighted by Crippen LogP contribution is 2.16. The summed E-state index contributed by atoms with van der Waals surface area (Å²) in [6.45, 7) is 4.05. The molecule has 0 spiro atoms. The van der Waals surface area contributed by atoms with Crippen molar-refractivity contribution in [2.75, 3.05) is 26.3 Å². The normalized spacial score (nSPS) is 11.9. The van der Waals surface area contributed by atoms with Crippen LogP contribution in [-0.4, -0.2) is 42.6 Å². The van der Waals surface area contributed by atoms with Crippen LogP contribution in [0.2, 0.25) is 0 Å². The summed E-state index contributed by atoms with van der Waals surface area (Å²) in [6, 6.07) is 14.4. The third-order valence-electron chi connectivity index (χ3n) is 3.51. The number of aromatic hydroxyl groups is 1. The molecular formula is C19H25NO4. The van der Waals surface area contributed by atoms with Gasteiger partial charge in [-0.15, -0.1) is 0 Å². The lowest BCUT2D eigenvalue weighted by Gasteiger charge is -2.14. The third-order valence-corrected chi connectivity index (χ3v) is 3.51. The first kappa shape index (κ1) is 18.1. The highest BCUT2D eigenvalue weighted by Gasteiger charge is 2.06. The molecule has 1 atom stereocenters. The molecule has 0 fully saturated rings. The molecule has 0 saturated heterocycles. The second kappa shape index (κ2) is 9.80. The molecule has 3 N–H and O–H groups in total. The number of para-hydroxylation sites is 1. The lowest BCUT2D eigenvalue weighted by atomic mass is 10.2. The van der Waals surface area contributed by atoms with Gasteiger partial charge in [-0.1, -0.05) is 18.2 Å². The van der Waals surface area contributed by atoms with E-state index in [1.54, 1.807) is 24.3 Å². The van der Waals surface area contributed by atoms with Crippen LogP contribution in [0.25, 0.3) is 0 Å². The Hall–Kier alpha value is -2.24. The first-order valence-electron chi connectivity index (χ1n) is 8.14. The fourth-order valence-electron chi connectivity index (χ4n) is 2.16. The van der Waals surface area contributed by atoms with Crippen LogP contribution < -0.4 is 14.8 Å². The van der Waals surface area contributed by atoms with E-state index in [2.05, 4.69) is 5.32 Å². The van der Waals surface area contributed by atoms with Crippen molar-refractivity contribution in [3.8, 4) is 17.2 Å². The fourth-order valence-corrected chi connectivity index (χ4v) is 2.16. The molecule has 0 aliphatic rings. The number of rotatable bonds is 10. The Morgan fingerprint density at radius 1 is 1.04 bits per heavy atom. The molecule has 0 aromatic heterocycles. The lowest BCUT2D eigenvalue weighted by molar-refractivity contribution is 0.106. The minimum atomic E-state index is -0.553. The molecule has 130 valence electrons. The van der Waals surface area contributed by atoms with Gasteiger partial charge in [0.1, 0.15) is 30.0 Å². The highest BCUT2D eigenvalue weighted by molar-refractivity contribution is 5.31. The van der Waals surface area contributed by atoms with E-state index in [4.69, 9.17) is 9.47 Å². The topological polar surface area (TPSA) is 71.0 Å². The molecule has 0 bridgehead atoms. The molecule has 0 radical (unpaired) electrons. The zero-order chi connectivity index (χ0) is 17.2. The SMILES string of the molecule is Cc1ccccc1OCC(O)CNCCCOc1ccc(O)cc1. The number of aliphatic hydroxyl groups is 1. The predicted molar refractivity (Wildman–Crippen MR) is 93.8 cm³/mol. The Morgan fingerprint density at radius 3 is 2.54 bits per heavy atom. The summed E-state index contributed by atoms with van der Waals surface area (Å²) in [5.74, 6) is 1.77. The van der Waals surface area contributed by atoms with Crippen LogP contribution in [-0.2, 0) is 0 Å². The number of hydrogen-bond donors (Lipinski definition) is 3. The Morgan fingerprint density at radius 2 is 1.79 bits per heavy atom. The van der Waals surface area contributed by atoms with Crippen LogP contribution in [0.15, 0.2) is 48.5 Å². The van der Waals surface area contributed by atoms with Gasteiger partial charge in [-0.3, -0.25) is 0 Å². The summed E-state index contributed by atoms with van der Waals surface area (Å²) in [5.41, 5.74) is 1.06. The first-order valence-corrected chi connectivity index (χ1v) is 8.14. The predicted octanol–water partition coefficient (Wildman–Crippen LogP) is 2.50.